The second-order valence-corrected chi connectivity index (χ2v) is 5.15. The first-order chi connectivity index (χ1) is 7.58. The smallest absolute Gasteiger partial charge is 0.135 e. The molecule has 0 spiro atoms. The van der Waals surface area contributed by atoms with Crippen molar-refractivity contribution in [3.05, 3.63) is 44.7 Å². The molecule has 1 atom stereocenters. The van der Waals surface area contributed by atoms with Gasteiger partial charge in [-0.2, -0.15) is 0 Å². The summed E-state index contributed by atoms with van der Waals surface area (Å²) >= 11 is 8.33. The Bertz CT molecular complexity index is 505. The molecule has 0 aliphatic carbocycles. The Balaban J connectivity index is 2.42. The lowest BCUT2D eigenvalue weighted by Gasteiger charge is -2.02. The number of rotatable bonds is 2. The van der Waals surface area contributed by atoms with E-state index in [2.05, 4.69) is 22.6 Å². The van der Waals surface area contributed by atoms with Gasteiger partial charge in [0.2, 0.25) is 0 Å². The molecule has 0 saturated heterocycles. The molecule has 2 rings (SSSR count). The van der Waals surface area contributed by atoms with Gasteiger partial charge in [-0.25, -0.2) is 0 Å². The topological polar surface area (TPSA) is 33.4 Å². The zero-order valence-corrected chi connectivity index (χ0v) is 11.5. The van der Waals surface area contributed by atoms with Crippen LogP contribution in [0, 0.1) is 3.57 Å². The SMILES string of the molecule is CC(O)c1ccc(-c2ccc(I)cc2Cl)o1. The standard InChI is InChI=1S/C12H10ClIO2/c1-7(15)11-4-5-12(16-11)9-3-2-8(14)6-10(9)13/h2-7,15H,1H3. The van der Waals surface area contributed by atoms with Crippen LogP contribution < -0.4 is 0 Å². The Kier molecular flexibility index (Phi) is 3.56. The largest absolute Gasteiger partial charge is 0.458 e. The number of furan rings is 1. The maximum atomic E-state index is 9.37. The van der Waals surface area contributed by atoms with E-state index in [-0.39, 0.29) is 0 Å². The molecule has 2 aromatic rings. The Morgan fingerprint density at radius 1 is 1.31 bits per heavy atom. The molecule has 0 fully saturated rings. The lowest BCUT2D eigenvalue weighted by atomic mass is 10.2. The minimum atomic E-state index is -0.601. The second kappa shape index (κ2) is 4.77. The van der Waals surface area contributed by atoms with Crippen LogP contribution in [0.25, 0.3) is 11.3 Å². The van der Waals surface area contributed by atoms with Crippen LogP contribution in [-0.2, 0) is 0 Å². The highest BCUT2D eigenvalue weighted by atomic mass is 127. The minimum absolute atomic E-state index is 0.546. The fourth-order valence-corrected chi connectivity index (χ4v) is 2.36. The van der Waals surface area contributed by atoms with Crippen LogP contribution in [0.3, 0.4) is 0 Å². The average Bonchev–Trinajstić information content (AvgIpc) is 2.66. The first-order valence-electron chi connectivity index (χ1n) is 4.81. The van der Waals surface area contributed by atoms with Gasteiger partial charge < -0.3 is 9.52 Å². The molecule has 0 aliphatic heterocycles. The van der Waals surface area contributed by atoms with Crippen molar-refractivity contribution in [3.63, 3.8) is 0 Å². The van der Waals surface area contributed by atoms with E-state index in [1.165, 1.54) is 0 Å². The monoisotopic (exact) mass is 348 g/mol. The average molecular weight is 349 g/mol. The van der Waals surface area contributed by atoms with E-state index in [0.29, 0.717) is 16.5 Å². The maximum absolute atomic E-state index is 9.37. The van der Waals surface area contributed by atoms with Gasteiger partial charge in [-0.05, 0) is 59.8 Å². The van der Waals surface area contributed by atoms with Crippen LogP contribution in [0.2, 0.25) is 5.02 Å². The van der Waals surface area contributed by atoms with Crippen LogP contribution in [0.1, 0.15) is 18.8 Å². The number of hydrogen-bond donors (Lipinski definition) is 1. The number of halogens is 2. The number of benzene rings is 1. The van der Waals surface area contributed by atoms with Crippen molar-refractivity contribution in [3.8, 4) is 11.3 Å². The highest BCUT2D eigenvalue weighted by Gasteiger charge is 2.11. The highest BCUT2D eigenvalue weighted by Crippen LogP contribution is 2.31. The van der Waals surface area contributed by atoms with E-state index in [4.69, 9.17) is 16.0 Å². The summed E-state index contributed by atoms with van der Waals surface area (Å²) in [5, 5.41) is 10.0. The predicted octanol–water partition coefficient (Wildman–Crippen LogP) is 4.26. The molecule has 0 saturated carbocycles. The molecule has 16 heavy (non-hydrogen) atoms. The second-order valence-electron chi connectivity index (χ2n) is 3.50. The molecule has 0 aliphatic rings. The molecule has 84 valence electrons. The van der Waals surface area contributed by atoms with Gasteiger partial charge in [-0.3, -0.25) is 0 Å². The number of hydrogen-bond acceptors (Lipinski definition) is 2. The molecule has 1 aromatic heterocycles. The summed E-state index contributed by atoms with van der Waals surface area (Å²) < 4.78 is 6.59. The molecular weight excluding hydrogens is 338 g/mol. The molecular formula is C12H10ClIO2. The molecule has 1 aromatic carbocycles. The Hall–Kier alpha value is -0.520. The quantitative estimate of drug-likeness (QED) is 0.823. The van der Waals surface area contributed by atoms with E-state index in [1.54, 1.807) is 13.0 Å². The third-order valence-electron chi connectivity index (χ3n) is 2.24. The fraction of sp³-hybridized carbons (Fsp3) is 0.167. The van der Waals surface area contributed by atoms with Crippen molar-refractivity contribution in [2.75, 3.05) is 0 Å². The summed E-state index contributed by atoms with van der Waals surface area (Å²) in [6, 6.07) is 9.33. The summed E-state index contributed by atoms with van der Waals surface area (Å²) in [5.74, 6) is 1.22. The minimum Gasteiger partial charge on any atom is -0.458 e. The van der Waals surface area contributed by atoms with Crippen LogP contribution in [0.4, 0.5) is 0 Å². The summed E-state index contributed by atoms with van der Waals surface area (Å²) in [7, 11) is 0. The van der Waals surface area contributed by atoms with E-state index in [1.807, 2.05) is 24.3 Å². The van der Waals surface area contributed by atoms with Gasteiger partial charge in [-0.15, -0.1) is 0 Å². The van der Waals surface area contributed by atoms with Crippen LogP contribution in [0.5, 0.6) is 0 Å². The van der Waals surface area contributed by atoms with E-state index in [0.717, 1.165) is 9.13 Å². The van der Waals surface area contributed by atoms with Crippen LogP contribution >= 0.6 is 34.2 Å². The van der Waals surface area contributed by atoms with Gasteiger partial charge in [0.1, 0.15) is 17.6 Å². The molecule has 0 radical (unpaired) electrons. The lowest BCUT2D eigenvalue weighted by Crippen LogP contribution is -1.85. The van der Waals surface area contributed by atoms with Crippen LogP contribution in [-0.4, -0.2) is 5.11 Å². The molecule has 2 nitrogen and oxygen atoms in total. The Morgan fingerprint density at radius 3 is 2.62 bits per heavy atom. The van der Waals surface area contributed by atoms with Crippen molar-refractivity contribution < 1.29 is 9.52 Å². The molecule has 0 amide bonds. The summed E-state index contributed by atoms with van der Waals surface area (Å²) in [6.07, 6.45) is -0.601. The van der Waals surface area contributed by atoms with Gasteiger partial charge in [0.15, 0.2) is 0 Å². The first-order valence-corrected chi connectivity index (χ1v) is 6.27. The maximum Gasteiger partial charge on any atom is 0.135 e. The molecule has 0 bridgehead atoms. The highest BCUT2D eigenvalue weighted by molar-refractivity contribution is 14.1. The van der Waals surface area contributed by atoms with Gasteiger partial charge in [-0.1, -0.05) is 11.6 Å². The number of aliphatic hydroxyl groups excluding tert-OH is 1. The third-order valence-corrected chi connectivity index (χ3v) is 3.22. The summed E-state index contributed by atoms with van der Waals surface area (Å²) in [6.45, 7) is 1.66. The van der Waals surface area contributed by atoms with Gasteiger partial charge in [0.25, 0.3) is 0 Å². The van der Waals surface area contributed by atoms with Crippen molar-refractivity contribution >= 4 is 34.2 Å². The van der Waals surface area contributed by atoms with Gasteiger partial charge in [0.05, 0.1) is 5.02 Å². The van der Waals surface area contributed by atoms with Crippen molar-refractivity contribution in [2.45, 2.75) is 13.0 Å². The third kappa shape index (κ3) is 2.42. The van der Waals surface area contributed by atoms with Crippen LogP contribution in [0.15, 0.2) is 34.7 Å². The molecule has 4 heteroatoms. The zero-order valence-electron chi connectivity index (χ0n) is 8.58. The van der Waals surface area contributed by atoms with Crippen molar-refractivity contribution in [2.24, 2.45) is 0 Å². The normalized spacial score (nSPS) is 12.8. The number of aliphatic hydroxyl groups is 1. The Labute approximate surface area is 112 Å². The van der Waals surface area contributed by atoms with Crippen molar-refractivity contribution in [1.29, 1.82) is 0 Å². The molecule has 1 N–H and O–H groups in total. The predicted molar refractivity (Wildman–Crippen MR) is 72.5 cm³/mol. The van der Waals surface area contributed by atoms with Crippen molar-refractivity contribution in [1.82, 2.24) is 0 Å². The van der Waals surface area contributed by atoms with E-state index < -0.39 is 6.10 Å². The lowest BCUT2D eigenvalue weighted by molar-refractivity contribution is 0.170. The Morgan fingerprint density at radius 2 is 2.06 bits per heavy atom. The molecule has 1 unspecified atom stereocenters. The van der Waals surface area contributed by atoms with Gasteiger partial charge >= 0.3 is 0 Å². The summed E-state index contributed by atoms with van der Waals surface area (Å²) in [5.41, 5.74) is 0.842. The molecule has 1 heterocycles. The zero-order chi connectivity index (χ0) is 11.7. The van der Waals surface area contributed by atoms with E-state index in [9.17, 15) is 5.11 Å². The van der Waals surface area contributed by atoms with E-state index >= 15 is 0 Å². The first kappa shape index (κ1) is 12.0. The summed E-state index contributed by atoms with van der Waals surface area (Å²) in [4.78, 5) is 0. The van der Waals surface area contributed by atoms with Gasteiger partial charge in [0, 0.05) is 9.13 Å². The fourth-order valence-electron chi connectivity index (χ4n) is 1.41.